The first-order valence-corrected chi connectivity index (χ1v) is 6.60. The zero-order valence-corrected chi connectivity index (χ0v) is 12.8. The number of carbonyl (C=O) groups is 1. The van der Waals surface area contributed by atoms with Gasteiger partial charge in [0.05, 0.1) is 13.0 Å². The molecular formula is C14H19BrO3. The minimum Gasteiger partial charge on any atom is -0.493 e. The van der Waals surface area contributed by atoms with Crippen LogP contribution in [0.4, 0.5) is 0 Å². The molecule has 0 fully saturated rings. The number of methoxy groups -OCH3 is 1. The normalized spacial score (nSPS) is 12.9. The lowest BCUT2D eigenvalue weighted by molar-refractivity contribution is -0.150. The molecule has 0 aromatic heterocycles. The van der Waals surface area contributed by atoms with Gasteiger partial charge in [-0.1, -0.05) is 42.8 Å². The highest BCUT2D eigenvalue weighted by molar-refractivity contribution is 9.10. The Morgan fingerprint density at radius 3 is 2.56 bits per heavy atom. The van der Waals surface area contributed by atoms with Gasteiger partial charge in [0.1, 0.15) is 12.4 Å². The van der Waals surface area contributed by atoms with Crippen LogP contribution in [-0.4, -0.2) is 19.7 Å². The largest absolute Gasteiger partial charge is 0.493 e. The van der Waals surface area contributed by atoms with Gasteiger partial charge in [-0.2, -0.15) is 0 Å². The Labute approximate surface area is 117 Å². The number of esters is 1. The fraction of sp³-hybridized carbons (Fsp3) is 0.500. The van der Waals surface area contributed by atoms with Gasteiger partial charge in [-0.15, -0.1) is 0 Å². The van der Waals surface area contributed by atoms with Crippen LogP contribution in [0.25, 0.3) is 0 Å². The summed E-state index contributed by atoms with van der Waals surface area (Å²) in [5.41, 5.74) is -0.195. The van der Waals surface area contributed by atoms with Gasteiger partial charge in [0.2, 0.25) is 0 Å². The summed E-state index contributed by atoms with van der Waals surface area (Å²) in [6, 6.07) is 7.55. The molecule has 0 radical (unpaired) electrons. The van der Waals surface area contributed by atoms with Gasteiger partial charge in [-0.05, 0) is 23.6 Å². The van der Waals surface area contributed by atoms with Crippen LogP contribution < -0.4 is 4.74 Å². The standard InChI is InChI=1S/C14H19BrO3/c1-14(2,3)12(13(16)17-4)9-18-11-7-5-6-10(15)8-11/h5-8,12H,9H2,1-4H3. The Morgan fingerprint density at radius 1 is 1.39 bits per heavy atom. The Hall–Kier alpha value is -1.03. The van der Waals surface area contributed by atoms with Crippen molar-refractivity contribution in [3.63, 3.8) is 0 Å². The van der Waals surface area contributed by atoms with E-state index < -0.39 is 0 Å². The molecule has 1 atom stereocenters. The third-order valence-electron chi connectivity index (χ3n) is 2.74. The van der Waals surface area contributed by atoms with E-state index >= 15 is 0 Å². The molecule has 0 heterocycles. The van der Waals surface area contributed by atoms with Crippen LogP contribution in [0.5, 0.6) is 5.75 Å². The number of hydrogen-bond donors (Lipinski definition) is 0. The van der Waals surface area contributed by atoms with Crippen molar-refractivity contribution < 1.29 is 14.3 Å². The molecule has 0 amide bonds. The van der Waals surface area contributed by atoms with E-state index in [0.29, 0.717) is 6.61 Å². The minimum absolute atomic E-state index is 0.195. The number of ether oxygens (including phenoxy) is 2. The van der Waals surface area contributed by atoms with E-state index in [4.69, 9.17) is 9.47 Å². The maximum Gasteiger partial charge on any atom is 0.312 e. The molecule has 1 aromatic rings. The predicted molar refractivity (Wildman–Crippen MR) is 74.6 cm³/mol. The molecule has 18 heavy (non-hydrogen) atoms. The number of carbonyl (C=O) groups excluding carboxylic acids is 1. The summed E-state index contributed by atoms with van der Waals surface area (Å²) in [5.74, 6) is 0.210. The zero-order chi connectivity index (χ0) is 13.8. The van der Waals surface area contributed by atoms with E-state index in [9.17, 15) is 4.79 Å². The lowest BCUT2D eigenvalue weighted by atomic mass is 9.81. The first-order chi connectivity index (χ1) is 8.34. The maximum atomic E-state index is 11.7. The van der Waals surface area contributed by atoms with Crippen LogP contribution in [0, 0.1) is 11.3 Å². The third kappa shape index (κ3) is 4.33. The molecule has 0 saturated heterocycles. The van der Waals surface area contributed by atoms with Crippen LogP contribution in [0.15, 0.2) is 28.7 Å². The van der Waals surface area contributed by atoms with Crippen molar-refractivity contribution in [3.8, 4) is 5.75 Å². The average molecular weight is 315 g/mol. The van der Waals surface area contributed by atoms with Crippen LogP contribution in [0.2, 0.25) is 0 Å². The molecule has 3 nitrogen and oxygen atoms in total. The van der Waals surface area contributed by atoms with E-state index in [1.807, 2.05) is 45.0 Å². The molecule has 0 spiro atoms. The molecular weight excluding hydrogens is 296 g/mol. The van der Waals surface area contributed by atoms with Crippen molar-refractivity contribution in [2.45, 2.75) is 20.8 Å². The summed E-state index contributed by atoms with van der Waals surface area (Å²) in [6.07, 6.45) is 0. The van der Waals surface area contributed by atoms with Crippen LogP contribution in [0.1, 0.15) is 20.8 Å². The fourth-order valence-electron chi connectivity index (χ4n) is 1.55. The summed E-state index contributed by atoms with van der Waals surface area (Å²) >= 11 is 3.38. The predicted octanol–water partition coefficient (Wildman–Crippen LogP) is 3.66. The van der Waals surface area contributed by atoms with E-state index in [-0.39, 0.29) is 17.3 Å². The van der Waals surface area contributed by atoms with Gasteiger partial charge in [0.15, 0.2) is 0 Å². The van der Waals surface area contributed by atoms with Gasteiger partial charge < -0.3 is 9.47 Å². The smallest absolute Gasteiger partial charge is 0.312 e. The number of rotatable bonds is 4. The molecule has 0 N–H and O–H groups in total. The van der Waals surface area contributed by atoms with Crippen molar-refractivity contribution in [1.82, 2.24) is 0 Å². The minimum atomic E-state index is -0.290. The Kier molecular flexibility index (Phi) is 5.20. The summed E-state index contributed by atoms with van der Waals surface area (Å²) in [4.78, 5) is 11.7. The Balaban J connectivity index is 2.71. The van der Waals surface area contributed by atoms with Gasteiger partial charge in [0, 0.05) is 4.47 Å². The third-order valence-corrected chi connectivity index (χ3v) is 3.24. The SMILES string of the molecule is COC(=O)C(COc1cccc(Br)c1)C(C)(C)C. The van der Waals surface area contributed by atoms with E-state index in [1.54, 1.807) is 0 Å². The van der Waals surface area contributed by atoms with Crippen molar-refractivity contribution in [2.24, 2.45) is 11.3 Å². The van der Waals surface area contributed by atoms with Gasteiger partial charge >= 0.3 is 5.97 Å². The summed E-state index contributed by atoms with van der Waals surface area (Å²) < 4.78 is 11.4. The highest BCUT2D eigenvalue weighted by Crippen LogP contribution is 2.28. The number of benzene rings is 1. The van der Waals surface area contributed by atoms with Crippen molar-refractivity contribution >= 4 is 21.9 Å². The van der Waals surface area contributed by atoms with E-state index in [2.05, 4.69) is 15.9 Å². The molecule has 1 aromatic carbocycles. The first kappa shape index (κ1) is 15.0. The van der Waals surface area contributed by atoms with Crippen molar-refractivity contribution in [3.05, 3.63) is 28.7 Å². The number of halogens is 1. The highest BCUT2D eigenvalue weighted by Gasteiger charge is 2.32. The molecule has 0 aliphatic heterocycles. The van der Waals surface area contributed by atoms with Gasteiger partial charge in [-0.25, -0.2) is 0 Å². The Bertz CT molecular complexity index is 410. The maximum absolute atomic E-state index is 11.7. The monoisotopic (exact) mass is 314 g/mol. The second kappa shape index (κ2) is 6.23. The summed E-state index contributed by atoms with van der Waals surface area (Å²) in [5, 5.41) is 0. The second-order valence-corrected chi connectivity index (χ2v) is 6.13. The molecule has 4 heteroatoms. The Morgan fingerprint density at radius 2 is 2.06 bits per heavy atom. The molecule has 1 rings (SSSR count). The van der Waals surface area contributed by atoms with Gasteiger partial charge in [0.25, 0.3) is 0 Å². The molecule has 1 unspecified atom stereocenters. The topological polar surface area (TPSA) is 35.5 Å². The highest BCUT2D eigenvalue weighted by atomic mass is 79.9. The lowest BCUT2D eigenvalue weighted by Gasteiger charge is -2.28. The molecule has 0 bridgehead atoms. The number of hydrogen-bond acceptors (Lipinski definition) is 3. The first-order valence-electron chi connectivity index (χ1n) is 5.81. The van der Waals surface area contributed by atoms with E-state index in [1.165, 1.54) is 7.11 Å². The van der Waals surface area contributed by atoms with Crippen LogP contribution in [-0.2, 0) is 9.53 Å². The summed E-state index contributed by atoms with van der Waals surface area (Å²) in [6.45, 7) is 6.31. The average Bonchev–Trinajstić information content (AvgIpc) is 2.27. The lowest BCUT2D eigenvalue weighted by Crippen LogP contribution is -2.34. The molecule has 0 saturated carbocycles. The second-order valence-electron chi connectivity index (χ2n) is 5.21. The quantitative estimate of drug-likeness (QED) is 0.796. The van der Waals surface area contributed by atoms with E-state index in [0.717, 1.165) is 10.2 Å². The summed E-state index contributed by atoms with van der Waals surface area (Å²) in [7, 11) is 1.40. The molecule has 0 aliphatic rings. The zero-order valence-electron chi connectivity index (χ0n) is 11.2. The van der Waals surface area contributed by atoms with Crippen molar-refractivity contribution in [2.75, 3.05) is 13.7 Å². The van der Waals surface area contributed by atoms with Crippen LogP contribution >= 0.6 is 15.9 Å². The molecule has 0 aliphatic carbocycles. The van der Waals surface area contributed by atoms with Gasteiger partial charge in [-0.3, -0.25) is 4.79 Å². The van der Waals surface area contributed by atoms with Crippen molar-refractivity contribution in [1.29, 1.82) is 0 Å². The molecule has 100 valence electrons. The van der Waals surface area contributed by atoms with Crippen LogP contribution in [0.3, 0.4) is 0 Å². The fourth-order valence-corrected chi connectivity index (χ4v) is 1.93.